The van der Waals surface area contributed by atoms with Crippen molar-refractivity contribution >= 4 is 17.5 Å². The molecule has 2 aromatic heterocycles. The van der Waals surface area contributed by atoms with E-state index in [-0.39, 0.29) is 29.6 Å². The van der Waals surface area contributed by atoms with Crippen LogP contribution in [0.3, 0.4) is 0 Å². The first-order chi connectivity index (χ1) is 15.6. The fourth-order valence-electron chi connectivity index (χ4n) is 4.60. The number of hydrogen-bond acceptors (Lipinski definition) is 4. The average Bonchev–Trinajstić information content (AvgIpc) is 3.32. The Morgan fingerprint density at radius 1 is 1.00 bits per heavy atom. The summed E-state index contributed by atoms with van der Waals surface area (Å²) in [4.78, 5) is 26.3. The molecule has 0 aliphatic rings. The SMILES string of the molecule is Cc1n[nH]c(C)c1-c1ccc(NC(=O)[C@@H](NC(=O)c2ccnn2C)C(C(C)C)C(C)C)cc1. The maximum Gasteiger partial charge on any atom is 0.270 e. The lowest BCUT2D eigenvalue weighted by atomic mass is 9.79. The molecule has 1 aromatic carbocycles. The van der Waals surface area contributed by atoms with Crippen molar-refractivity contribution in [3.05, 3.63) is 53.6 Å². The van der Waals surface area contributed by atoms with E-state index in [0.29, 0.717) is 11.4 Å². The molecule has 0 radical (unpaired) electrons. The van der Waals surface area contributed by atoms with Gasteiger partial charge in [0.15, 0.2) is 0 Å². The molecule has 0 aliphatic carbocycles. The maximum absolute atomic E-state index is 13.4. The predicted octanol–water partition coefficient (Wildman–Crippen LogP) is 4.09. The molecule has 0 saturated carbocycles. The molecule has 2 heterocycles. The topological polar surface area (TPSA) is 105 Å². The molecular weight excluding hydrogens is 416 g/mol. The summed E-state index contributed by atoms with van der Waals surface area (Å²) >= 11 is 0. The second-order valence-electron chi connectivity index (χ2n) is 9.23. The number of aromatic nitrogens is 4. The molecule has 3 aromatic rings. The number of amides is 2. The van der Waals surface area contributed by atoms with Crippen LogP contribution in [0, 0.1) is 31.6 Å². The molecule has 176 valence electrons. The quantitative estimate of drug-likeness (QED) is 0.481. The summed E-state index contributed by atoms with van der Waals surface area (Å²) in [7, 11) is 1.71. The number of nitrogens with zero attached hydrogens (tertiary/aromatic N) is 3. The Kier molecular flexibility index (Phi) is 7.36. The van der Waals surface area contributed by atoms with Crippen molar-refractivity contribution < 1.29 is 9.59 Å². The first-order valence-electron chi connectivity index (χ1n) is 11.3. The highest BCUT2D eigenvalue weighted by Crippen LogP contribution is 2.28. The Morgan fingerprint density at radius 3 is 2.12 bits per heavy atom. The van der Waals surface area contributed by atoms with Crippen LogP contribution in [0.2, 0.25) is 0 Å². The molecule has 0 unspecified atom stereocenters. The molecule has 0 spiro atoms. The van der Waals surface area contributed by atoms with Gasteiger partial charge in [0.25, 0.3) is 5.91 Å². The third-order valence-electron chi connectivity index (χ3n) is 6.12. The number of anilines is 1. The smallest absolute Gasteiger partial charge is 0.270 e. The van der Waals surface area contributed by atoms with Crippen LogP contribution in [-0.4, -0.2) is 37.8 Å². The van der Waals surface area contributed by atoms with Crippen LogP contribution in [0.5, 0.6) is 0 Å². The Labute approximate surface area is 195 Å². The maximum atomic E-state index is 13.4. The monoisotopic (exact) mass is 450 g/mol. The molecule has 0 fully saturated rings. The highest BCUT2D eigenvalue weighted by Gasteiger charge is 2.34. The summed E-state index contributed by atoms with van der Waals surface area (Å²) in [5, 5.41) is 17.3. The van der Waals surface area contributed by atoms with E-state index in [9.17, 15) is 9.59 Å². The Bertz CT molecular complexity index is 1080. The van der Waals surface area contributed by atoms with Gasteiger partial charge < -0.3 is 10.6 Å². The van der Waals surface area contributed by atoms with Gasteiger partial charge in [-0.25, -0.2) is 0 Å². The highest BCUT2D eigenvalue weighted by molar-refractivity contribution is 6.00. The number of rotatable bonds is 8. The van der Waals surface area contributed by atoms with Crippen molar-refractivity contribution in [1.29, 1.82) is 0 Å². The third kappa shape index (κ3) is 5.32. The minimum Gasteiger partial charge on any atom is -0.339 e. The van der Waals surface area contributed by atoms with Crippen LogP contribution in [-0.2, 0) is 11.8 Å². The molecular formula is C25H34N6O2. The summed E-state index contributed by atoms with van der Waals surface area (Å²) in [5.74, 6) is -0.203. The van der Waals surface area contributed by atoms with Crippen LogP contribution in [0.25, 0.3) is 11.1 Å². The molecule has 2 amide bonds. The summed E-state index contributed by atoms with van der Waals surface area (Å²) in [6.07, 6.45) is 1.57. The second-order valence-corrected chi connectivity index (χ2v) is 9.23. The van der Waals surface area contributed by atoms with E-state index < -0.39 is 6.04 Å². The zero-order valence-electron chi connectivity index (χ0n) is 20.4. The van der Waals surface area contributed by atoms with Gasteiger partial charge in [-0.2, -0.15) is 10.2 Å². The Hall–Kier alpha value is -3.42. The number of benzene rings is 1. The molecule has 8 nitrogen and oxygen atoms in total. The number of carbonyl (C=O) groups excluding carboxylic acids is 2. The van der Waals surface area contributed by atoms with Gasteiger partial charge in [0.05, 0.1) is 5.69 Å². The average molecular weight is 451 g/mol. The zero-order chi connectivity index (χ0) is 24.3. The largest absolute Gasteiger partial charge is 0.339 e. The van der Waals surface area contributed by atoms with E-state index in [1.165, 1.54) is 4.68 Å². The van der Waals surface area contributed by atoms with Crippen molar-refractivity contribution in [3.8, 4) is 11.1 Å². The number of aromatic amines is 1. The first-order valence-corrected chi connectivity index (χ1v) is 11.3. The molecule has 0 bridgehead atoms. The van der Waals surface area contributed by atoms with Crippen molar-refractivity contribution in [2.24, 2.45) is 24.8 Å². The molecule has 3 N–H and O–H groups in total. The highest BCUT2D eigenvalue weighted by atomic mass is 16.2. The summed E-state index contributed by atoms with van der Waals surface area (Å²) in [6, 6.07) is 8.63. The number of aryl methyl sites for hydroxylation is 3. The normalized spacial score (nSPS) is 12.4. The molecule has 1 atom stereocenters. The third-order valence-corrected chi connectivity index (χ3v) is 6.12. The second kappa shape index (κ2) is 10.0. The fraction of sp³-hybridized carbons (Fsp3) is 0.440. The van der Waals surface area contributed by atoms with E-state index in [1.54, 1.807) is 19.3 Å². The van der Waals surface area contributed by atoms with Crippen LogP contribution >= 0.6 is 0 Å². The van der Waals surface area contributed by atoms with Gasteiger partial charge >= 0.3 is 0 Å². The van der Waals surface area contributed by atoms with E-state index in [4.69, 9.17) is 0 Å². The minimum atomic E-state index is -0.689. The number of nitrogens with one attached hydrogen (secondary N) is 3. The van der Waals surface area contributed by atoms with Gasteiger partial charge in [-0.3, -0.25) is 19.4 Å². The van der Waals surface area contributed by atoms with Gasteiger partial charge in [0.1, 0.15) is 11.7 Å². The Balaban J connectivity index is 1.83. The summed E-state index contributed by atoms with van der Waals surface area (Å²) < 4.78 is 1.50. The lowest BCUT2D eigenvalue weighted by Gasteiger charge is -2.33. The van der Waals surface area contributed by atoms with Crippen molar-refractivity contribution in [2.45, 2.75) is 47.6 Å². The molecule has 0 aliphatic heterocycles. The van der Waals surface area contributed by atoms with Crippen molar-refractivity contribution in [1.82, 2.24) is 25.3 Å². The van der Waals surface area contributed by atoms with Crippen molar-refractivity contribution in [2.75, 3.05) is 5.32 Å². The van der Waals surface area contributed by atoms with Crippen LogP contribution < -0.4 is 10.6 Å². The summed E-state index contributed by atoms with van der Waals surface area (Å²) in [5.41, 5.74) is 5.11. The fourth-order valence-corrected chi connectivity index (χ4v) is 4.60. The van der Waals surface area contributed by atoms with Gasteiger partial charge in [-0.1, -0.05) is 39.8 Å². The standard InChI is InChI=1S/C25H34N6O2/c1-14(2)21(15(3)4)23(28-24(32)20-12-13-26-31(20)7)25(33)27-19-10-8-18(9-11-19)22-16(5)29-30-17(22)6/h8-15,21,23H,1-7H3,(H,27,33)(H,28,32)(H,29,30)/t23-/m0/s1. The molecule has 0 saturated heterocycles. The number of H-pyrrole nitrogens is 1. The lowest BCUT2D eigenvalue weighted by Crippen LogP contribution is -2.51. The first kappa shape index (κ1) is 24.2. The van der Waals surface area contributed by atoms with Crippen LogP contribution in [0.1, 0.15) is 49.6 Å². The molecule has 3 rings (SSSR count). The zero-order valence-corrected chi connectivity index (χ0v) is 20.4. The van der Waals surface area contributed by atoms with Crippen LogP contribution in [0.4, 0.5) is 5.69 Å². The lowest BCUT2D eigenvalue weighted by molar-refractivity contribution is -0.120. The number of hydrogen-bond donors (Lipinski definition) is 3. The molecule has 8 heteroatoms. The van der Waals surface area contributed by atoms with E-state index in [1.807, 2.05) is 38.1 Å². The van der Waals surface area contributed by atoms with E-state index in [2.05, 4.69) is 53.6 Å². The van der Waals surface area contributed by atoms with Crippen LogP contribution in [0.15, 0.2) is 36.5 Å². The van der Waals surface area contributed by atoms with Crippen molar-refractivity contribution in [3.63, 3.8) is 0 Å². The summed E-state index contributed by atoms with van der Waals surface area (Å²) in [6.45, 7) is 12.2. The minimum absolute atomic E-state index is 0.0438. The number of carbonyl (C=O) groups is 2. The van der Waals surface area contributed by atoms with E-state index >= 15 is 0 Å². The van der Waals surface area contributed by atoms with E-state index in [0.717, 1.165) is 22.5 Å². The van der Waals surface area contributed by atoms with Gasteiger partial charge in [-0.15, -0.1) is 0 Å². The van der Waals surface area contributed by atoms with Gasteiger partial charge in [0.2, 0.25) is 5.91 Å². The Morgan fingerprint density at radius 2 is 1.64 bits per heavy atom. The van der Waals surface area contributed by atoms with Gasteiger partial charge in [0, 0.05) is 30.2 Å². The predicted molar refractivity (Wildman–Crippen MR) is 130 cm³/mol. The van der Waals surface area contributed by atoms with Gasteiger partial charge in [-0.05, 0) is 55.4 Å². The molecule has 33 heavy (non-hydrogen) atoms.